The Hall–Kier alpha value is -1.88. The lowest BCUT2D eigenvalue weighted by molar-refractivity contribution is -0.155. The smallest absolute Gasteiger partial charge is 0.326 e. The van der Waals surface area contributed by atoms with Crippen LogP contribution in [-0.4, -0.2) is 40.6 Å². The number of benzene rings is 1. The van der Waals surface area contributed by atoms with Crippen LogP contribution in [0.1, 0.15) is 52.0 Å². The maximum Gasteiger partial charge on any atom is 0.326 e. The molecule has 1 aliphatic rings. The van der Waals surface area contributed by atoms with Crippen molar-refractivity contribution in [3.05, 3.63) is 35.9 Å². The fourth-order valence-corrected chi connectivity index (χ4v) is 3.49. The van der Waals surface area contributed by atoms with Crippen LogP contribution in [0.5, 0.6) is 0 Å². The van der Waals surface area contributed by atoms with Gasteiger partial charge < -0.3 is 14.7 Å². The number of ether oxygens (including phenoxy) is 1. The van der Waals surface area contributed by atoms with Crippen molar-refractivity contribution >= 4 is 11.9 Å². The molecule has 5 heteroatoms. The van der Waals surface area contributed by atoms with Gasteiger partial charge in [-0.1, -0.05) is 51.1 Å². The summed E-state index contributed by atoms with van der Waals surface area (Å²) in [5, 5.41) is 9.62. The minimum Gasteiger partial charge on any atom is -0.480 e. The standard InChI is InChI=1S/C20H29NO4/c1-20(2,3)18(19(23)24)21-16(11-12-17(21)22)10-7-13-25-14-15-8-5-4-6-9-15/h4-6,8-9,16,18H,7,10-14H2,1-3H3,(H,23,24)/t16?,18-/m1/s1. The Balaban J connectivity index is 1.85. The van der Waals surface area contributed by atoms with Gasteiger partial charge in [-0.2, -0.15) is 0 Å². The summed E-state index contributed by atoms with van der Waals surface area (Å²) < 4.78 is 5.70. The van der Waals surface area contributed by atoms with Gasteiger partial charge in [-0.15, -0.1) is 0 Å². The molecule has 1 saturated heterocycles. The van der Waals surface area contributed by atoms with E-state index in [0.29, 0.717) is 19.6 Å². The number of carbonyl (C=O) groups excluding carboxylic acids is 1. The summed E-state index contributed by atoms with van der Waals surface area (Å²) in [6, 6.07) is 9.21. The molecule has 0 aromatic heterocycles. The van der Waals surface area contributed by atoms with Gasteiger partial charge in [0, 0.05) is 19.1 Å². The summed E-state index contributed by atoms with van der Waals surface area (Å²) in [5.41, 5.74) is 0.646. The van der Waals surface area contributed by atoms with Crippen LogP contribution in [0.2, 0.25) is 0 Å². The molecule has 0 spiro atoms. The molecular weight excluding hydrogens is 318 g/mol. The molecule has 0 radical (unpaired) electrons. The average molecular weight is 347 g/mol. The molecule has 2 atom stereocenters. The first-order valence-corrected chi connectivity index (χ1v) is 8.96. The van der Waals surface area contributed by atoms with Gasteiger partial charge in [0.1, 0.15) is 6.04 Å². The normalized spacial score (nSPS) is 19.2. The molecule has 2 rings (SSSR count). The SMILES string of the molecule is CC(C)(C)[C@@H](C(=O)O)N1C(=O)CCC1CCCOCc1ccccc1. The van der Waals surface area contributed by atoms with Crippen molar-refractivity contribution in [2.75, 3.05) is 6.61 Å². The van der Waals surface area contributed by atoms with E-state index >= 15 is 0 Å². The summed E-state index contributed by atoms with van der Waals surface area (Å²) in [6.45, 7) is 6.81. The quantitative estimate of drug-likeness (QED) is 0.731. The van der Waals surface area contributed by atoms with Crippen LogP contribution in [0, 0.1) is 5.41 Å². The number of carboxylic acids is 1. The Bertz CT molecular complexity index is 579. The molecule has 138 valence electrons. The largest absolute Gasteiger partial charge is 0.480 e. The molecule has 1 N–H and O–H groups in total. The minimum absolute atomic E-state index is 0.00634. The van der Waals surface area contributed by atoms with Crippen LogP contribution in [0.4, 0.5) is 0 Å². The third kappa shape index (κ3) is 5.30. The zero-order valence-electron chi connectivity index (χ0n) is 15.4. The zero-order valence-corrected chi connectivity index (χ0v) is 15.4. The average Bonchev–Trinajstić information content (AvgIpc) is 2.88. The molecule has 1 aromatic carbocycles. The van der Waals surface area contributed by atoms with E-state index in [4.69, 9.17) is 4.74 Å². The number of carbonyl (C=O) groups is 2. The van der Waals surface area contributed by atoms with Gasteiger partial charge >= 0.3 is 5.97 Å². The number of rotatable bonds is 8. The highest BCUT2D eigenvalue weighted by Crippen LogP contribution is 2.33. The molecule has 1 heterocycles. The predicted molar refractivity (Wildman–Crippen MR) is 96.1 cm³/mol. The van der Waals surface area contributed by atoms with E-state index in [0.717, 1.165) is 24.8 Å². The molecule has 0 aliphatic carbocycles. The van der Waals surface area contributed by atoms with Crippen LogP contribution in [0.3, 0.4) is 0 Å². The van der Waals surface area contributed by atoms with Crippen LogP contribution < -0.4 is 0 Å². The molecule has 0 saturated carbocycles. The molecule has 25 heavy (non-hydrogen) atoms. The Kier molecular flexibility index (Phi) is 6.59. The third-order valence-electron chi connectivity index (χ3n) is 4.64. The molecule has 5 nitrogen and oxygen atoms in total. The van der Waals surface area contributed by atoms with E-state index in [1.54, 1.807) is 4.90 Å². The maximum atomic E-state index is 12.3. The molecule has 1 unspecified atom stereocenters. The highest BCUT2D eigenvalue weighted by Gasteiger charge is 2.44. The second-order valence-corrected chi connectivity index (χ2v) is 7.78. The van der Waals surface area contributed by atoms with Gasteiger partial charge in [-0.3, -0.25) is 4.79 Å². The van der Waals surface area contributed by atoms with Gasteiger partial charge in [0.15, 0.2) is 0 Å². The second-order valence-electron chi connectivity index (χ2n) is 7.78. The fraction of sp³-hybridized carbons (Fsp3) is 0.600. The molecular formula is C20H29NO4. The Morgan fingerprint density at radius 1 is 1.32 bits per heavy atom. The number of aliphatic carboxylic acids is 1. The highest BCUT2D eigenvalue weighted by molar-refractivity contribution is 5.86. The molecule has 0 bridgehead atoms. The minimum atomic E-state index is -0.923. The first-order chi connectivity index (χ1) is 11.8. The van der Waals surface area contributed by atoms with Crippen molar-refractivity contribution < 1.29 is 19.4 Å². The molecule has 1 fully saturated rings. The summed E-state index contributed by atoms with van der Waals surface area (Å²) in [4.78, 5) is 25.6. The van der Waals surface area contributed by atoms with Gasteiger partial charge in [0.25, 0.3) is 0 Å². The third-order valence-corrected chi connectivity index (χ3v) is 4.64. The van der Waals surface area contributed by atoms with Gasteiger partial charge in [0.2, 0.25) is 5.91 Å². The monoisotopic (exact) mass is 347 g/mol. The van der Waals surface area contributed by atoms with E-state index in [1.165, 1.54) is 0 Å². The molecule has 1 aromatic rings. The van der Waals surface area contributed by atoms with E-state index < -0.39 is 17.4 Å². The summed E-state index contributed by atoms with van der Waals surface area (Å²) in [7, 11) is 0. The van der Waals surface area contributed by atoms with E-state index in [2.05, 4.69) is 0 Å². The van der Waals surface area contributed by atoms with Crippen LogP contribution >= 0.6 is 0 Å². The summed E-state index contributed by atoms with van der Waals surface area (Å²) in [5.74, 6) is -0.967. The van der Waals surface area contributed by atoms with Crippen molar-refractivity contribution in [2.24, 2.45) is 5.41 Å². The van der Waals surface area contributed by atoms with E-state index in [1.807, 2.05) is 51.1 Å². The molecule has 1 aliphatic heterocycles. The van der Waals surface area contributed by atoms with E-state index in [-0.39, 0.29) is 11.9 Å². The lowest BCUT2D eigenvalue weighted by atomic mass is 9.85. The maximum absolute atomic E-state index is 12.3. The number of carboxylic acid groups (broad SMARTS) is 1. The van der Waals surface area contributed by atoms with Gasteiger partial charge in [0.05, 0.1) is 6.61 Å². The van der Waals surface area contributed by atoms with Crippen molar-refractivity contribution in [1.29, 1.82) is 0 Å². The van der Waals surface area contributed by atoms with Crippen LogP contribution in [0.15, 0.2) is 30.3 Å². The first-order valence-electron chi connectivity index (χ1n) is 8.96. The zero-order chi connectivity index (χ0) is 18.4. The number of hydrogen-bond donors (Lipinski definition) is 1. The van der Waals surface area contributed by atoms with Crippen molar-refractivity contribution in [1.82, 2.24) is 4.90 Å². The fourth-order valence-electron chi connectivity index (χ4n) is 3.49. The second kappa shape index (κ2) is 8.48. The summed E-state index contributed by atoms with van der Waals surface area (Å²) >= 11 is 0. The van der Waals surface area contributed by atoms with Crippen molar-refractivity contribution in [3.8, 4) is 0 Å². The lowest BCUT2D eigenvalue weighted by Gasteiger charge is -2.38. The Morgan fingerprint density at radius 3 is 2.60 bits per heavy atom. The Morgan fingerprint density at radius 2 is 2.00 bits per heavy atom. The number of amides is 1. The van der Waals surface area contributed by atoms with Crippen molar-refractivity contribution in [2.45, 2.75) is 65.1 Å². The predicted octanol–water partition coefficient (Wildman–Crippen LogP) is 3.47. The first kappa shape index (κ1) is 19.4. The highest BCUT2D eigenvalue weighted by atomic mass is 16.5. The van der Waals surface area contributed by atoms with Crippen molar-refractivity contribution in [3.63, 3.8) is 0 Å². The number of nitrogens with zero attached hydrogens (tertiary/aromatic N) is 1. The lowest BCUT2D eigenvalue weighted by Crippen LogP contribution is -2.53. The van der Waals surface area contributed by atoms with Gasteiger partial charge in [-0.25, -0.2) is 4.79 Å². The molecule has 1 amide bonds. The Labute approximate surface area is 150 Å². The van der Waals surface area contributed by atoms with E-state index in [9.17, 15) is 14.7 Å². The topological polar surface area (TPSA) is 66.8 Å². The van der Waals surface area contributed by atoms with Crippen LogP contribution in [-0.2, 0) is 20.9 Å². The summed E-state index contributed by atoms with van der Waals surface area (Å²) in [6.07, 6.45) is 2.77. The van der Waals surface area contributed by atoms with Crippen LogP contribution in [0.25, 0.3) is 0 Å². The van der Waals surface area contributed by atoms with Gasteiger partial charge in [-0.05, 0) is 30.2 Å². The number of likely N-dealkylation sites (tertiary alicyclic amines) is 1. The number of hydrogen-bond acceptors (Lipinski definition) is 3.